The van der Waals surface area contributed by atoms with E-state index >= 15 is 4.39 Å². The molecule has 2 aromatic heterocycles. The van der Waals surface area contributed by atoms with Gasteiger partial charge in [-0.1, -0.05) is 11.6 Å². The second-order valence-electron chi connectivity index (χ2n) is 11.1. The summed E-state index contributed by atoms with van der Waals surface area (Å²) in [6.07, 6.45) is 6.44. The number of alkyl halides is 1. The van der Waals surface area contributed by atoms with Crippen molar-refractivity contribution < 1.29 is 14.2 Å². The van der Waals surface area contributed by atoms with Crippen molar-refractivity contribution in [2.75, 3.05) is 38.2 Å². The number of rotatable bonds is 9. The molecular weight excluding hydrogens is 495 g/mol. The van der Waals surface area contributed by atoms with Gasteiger partial charge in [-0.3, -0.25) is 9.58 Å². The molecule has 3 heterocycles. The first kappa shape index (κ1) is 25.0. The zero-order valence-electron chi connectivity index (χ0n) is 21.3. The number of ether oxygens (including phenoxy) is 1. The van der Waals surface area contributed by atoms with Crippen LogP contribution in [-0.4, -0.2) is 74.9 Å². The predicted molar refractivity (Wildman–Crippen MR) is 141 cm³/mol. The van der Waals surface area contributed by atoms with E-state index in [1.807, 2.05) is 18.3 Å². The van der Waals surface area contributed by atoms with Gasteiger partial charge in [0.25, 0.3) is 0 Å². The molecule has 3 aliphatic carbocycles. The molecule has 1 aliphatic heterocycles. The third kappa shape index (κ3) is 4.71. The van der Waals surface area contributed by atoms with Crippen LogP contribution in [0.4, 0.5) is 16.0 Å². The van der Waals surface area contributed by atoms with Gasteiger partial charge in [-0.2, -0.15) is 5.10 Å². The molecule has 7 rings (SSSR count). The number of nitrogens with zero attached hydrogens (tertiary/aromatic N) is 5. The number of aliphatic hydroxyl groups is 1. The molecule has 2 N–H and O–H groups in total. The van der Waals surface area contributed by atoms with Crippen molar-refractivity contribution in [1.29, 1.82) is 0 Å². The minimum Gasteiger partial charge on any atom is -0.391 e. The highest BCUT2D eigenvalue weighted by Gasteiger charge is 2.59. The van der Waals surface area contributed by atoms with Gasteiger partial charge in [0, 0.05) is 35.6 Å². The van der Waals surface area contributed by atoms with Gasteiger partial charge in [0.15, 0.2) is 0 Å². The fourth-order valence-electron chi connectivity index (χ4n) is 6.20. The first-order valence-corrected chi connectivity index (χ1v) is 13.6. The maximum atomic E-state index is 15.3. The van der Waals surface area contributed by atoms with E-state index in [0.29, 0.717) is 43.7 Å². The van der Waals surface area contributed by atoms with Crippen molar-refractivity contribution in [3.8, 4) is 0 Å². The Balaban J connectivity index is 1.15. The maximum absolute atomic E-state index is 15.3. The summed E-state index contributed by atoms with van der Waals surface area (Å²) < 4.78 is 22.9. The molecule has 198 valence electrons. The lowest BCUT2D eigenvalue weighted by molar-refractivity contribution is -0.0990. The van der Waals surface area contributed by atoms with Crippen molar-refractivity contribution >= 4 is 34.1 Å². The number of aliphatic hydroxyl groups excluding tert-OH is 1. The van der Waals surface area contributed by atoms with Gasteiger partial charge < -0.3 is 15.2 Å². The van der Waals surface area contributed by atoms with Crippen molar-refractivity contribution in [1.82, 2.24) is 24.6 Å². The average molecular weight is 529 g/mol. The summed E-state index contributed by atoms with van der Waals surface area (Å²) in [7, 11) is 0. The molecule has 0 radical (unpaired) electrons. The quantitative estimate of drug-likeness (QED) is 0.393. The summed E-state index contributed by atoms with van der Waals surface area (Å²) in [6, 6.07) is 3.76. The molecule has 4 fully saturated rings. The highest BCUT2D eigenvalue weighted by molar-refractivity contribution is 6.32. The number of hydrogen-bond acceptors (Lipinski definition) is 7. The van der Waals surface area contributed by atoms with Crippen LogP contribution in [0, 0.1) is 12.8 Å². The molecule has 3 atom stereocenters. The first-order valence-electron chi connectivity index (χ1n) is 13.2. The molecule has 8 nitrogen and oxygen atoms in total. The lowest BCUT2D eigenvalue weighted by Crippen LogP contribution is -2.60. The Morgan fingerprint density at radius 2 is 2.11 bits per heavy atom. The fraction of sp³-hybridized carbons (Fsp3) is 0.593. The van der Waals surface area contributed by atoms with E-state index in [1.165, 1.54) is 19.3 Å². The summed E-state index contributed by atoms with van der Waals surface area (Å²) in [6.45, 7) is 6.29. The zero-order valence-corrected chi connectivity index (χ0v) is 22.1. The Labute approximate surface area is 221 Å². The molecule has 0 amide bonds. The molecular formula is C27H34ClFN6O2. The lowest BCUT2D eigenvalue weighted by Gasteiger charge is -2.61. The molecule has 37 heavy (non-hydrogen) atoms. The third-order valence-corrected chi connectivity index (χ3v) is 8.67. The monoisotopic (exact) mass is 528 g/mol. The van der Waals surface area contributed by atoms with Crippen LogP contribution >= 0.6 is 11.6 Å². The number of benzene rings is 1. The number of fused-ring (bicyclic) bond motifs is 1. The highest BCUT2D eigenvalue weighted by Crippen LogP contribution is 2.62. The highest BCUT2D eigenvalue weighted by atomic mass is 35.5. The number of piperidine rings is 1. The second kappa shape index (κ2) is 9.76. The van der Waals surface area contributed by atoms with Crippen LogP contribution in [0.5, 0.6) is 0 Å². The van der Waals surface area contributed by atoms with Gasteiger partial charge in [-0.05, 0) is 69.7 Å². The minimum absolute atomic E-state index is 0.230. The van der Waals surface area contributed by atoms with Crippen molar-refractivity contribution in [3.05, 3.63) is 40.8 Å². The van der Waals surface area contributed by atoms with Crippen LogP contribution in [0.1, 0.15) is 49.8 Å². The van der Waals surface area contributed by atoms with Crippen molar-refractivity contribution in [2.24, 2.45) is 5.92 Å². The van der Waals surface area contributed by atoms with E-state index in [0.717, 1.165) is 40.3 Å². The molecule has 4 aliphatic rings. The number of likely N-dealkylation sites (tertiary alicyclic amines) is 1. The summed E-state index contributed by atoms with van der Waals surface area (Å²) >= 11 is 6.62. The average Bonchev–Trinajstić information content (AvgIpc) is 3.14. The van der Waals surface area contributed by atoms with E-state index < -0.39 is 12.3 Å². The standard InChI is InChI=1S/C27H34ClFN6O2/c1-16(36)15-37-6-5-34-4-3-20(23(29)14-34)21-8-24-19(7-22(21)28)12-30-26(32-24)33-25-13-31-35(17(25)2)27-9-18(10-27)11-27/h7-8,12-13,16,18,20,23,36H,3-6,9-11,14-15H2,1-2H3,(H,30,32,33)/t16-,18?,20-,23+,27?/m0/s1. The topological polar surface area (TPSA) is 88.3 Å². The zero-order chi connectivity index (χ0) is 25.7. The van der Waals surface area contributed by atoms with Gasteiger partial charge in [0.2, 0.25) is 5.95 Å². The Morgan fingerprint density at radius 3 is 2.81 bits per heavy atom. The molecule has 0 spiro atoms. The number of halogens is 2. The molecule has 2 bridgehead atoms. The van der Waals surface area contributed by atoms with Crippen LogP contribution < -0.4 is 5.32 Å². The maximum Gasteiger partial charge on any atom is 0.227 e. The normalized spacial score (nSPS) is 28.1. The van der Waals surface area contributed by atoms with Gasteiger partial charge in [-0.25, -0.2) is 14.4 Å². The molecule has 0 unspecified atom stereocenters. The van der Waals surface area contributed by atoms with Gasteiger partial charge in [-0.15, -0.1) is 0 Å². The smallest absolute Gasteiger partial charge is 0.227 e. The third-order valence-electron chi connectivity index (χ3n) is 8.35. The largest absolute Gasteiger partial charge is 0.391 e. The van der Waals surface area contributed by atoms with E-state index in [-0.39, 0.29) is 11.5 Å². The van der Waals surface area contributed by atoms with E-state index in [2.05, 4.69) is 31.9 Å². The van der Waals surface area contributed by atoms with Crippen molar-refractivity contribution in [3.63, 3.8) is 0 Å². The van der Waals surface area contributed by atoms with Crippen LogP contribution in [-0.2, 0) is 10.3 Å². The van der Waals surface area contributed by atoms with Crippen LogP contribution in [0.15, 0.2) is 24.5 Å². The Hall–Kier alpha value is -2.33. The van der Waals surface area contributed by atoms with Crippen molar-refractivity contribution in [2.45, 2.75) is 63.3 Å². The molecule has 10 heteroatoms. The summed E-state index contributed by atoms with van der Waals surface area (Å²) in [5.41, 5.74) is 3.77. The summed E-state index contributed by atoms with van der Waals surface area (Å²) in [4.78, 5) is 11.3. The number of nitrogens with one attached hydrogen (secondary N) is 1. The molecule has 1 aromatic carbocycles. The number of aromatic nitrogens is 4. The van der Waals surface area contributed by atoms with Gasteiger partial charge in [0.05, 0.1) is 48.0 Å². The molecule has 3 aromatic rings. The lowest BCUT2D eigenvalue weighted by atomic mass is 9.50. The Kier molecular flexibility index (Phi) is 6.59. The Bertz CT molecular complexity index is 1280. The van der Waals surface area contributed by atoms with Crippen LogP contribution in [0.3, 0.4) is 0 Å². The summed E-state index contributed by atoms with van der Waals surface area (Å²) in [5, 5.41) is 18.7. The number of hydrogen-bond donors (Lipinski definition) is 2. The molecule has 1 saturated heterocycles. The minimum atomic E-state index is -1.04. The SMILES string of the molecule is Cc1c(Nc2ncc3cc(Cl)c([C@@H]4CCN(CCOC[C@H](C)O)C[C@H]4F)cc3n2)cnn1C12CC(C1)C2. The first-order chi connectivity index (χ1) is 17.8. The van der Waals surface area contributed by atoms with E-state index in [9.17, 15) is 5.11 Å². The predicted octanol–water partition coefficient (Wildman–Crippen LogP) is 4.57. The van der Waals surface area contributed by atoms with E-state index in [1.54, 1.807) is 13.1 Å². The fourth-order valence-corrected chi connectivity index (χ4v) is 6.52. The Morgan fingerprint density at radius 1 is 1.30 bits per heavy atom. The summed E-state index contributed by atoms with van der Waals surface area (Å²) in [5.74, 6) is 1.09. The van der Waals surface area contributed by atoms with Gasteiger partial charge in [0.1, 0.15) is 6.17 Å². The second-order valence-corrected chi connectivity index (χ2v) is 11.6. The number of anilines is 2. The molecule has 3 saturated carbocycles. The van der Waals surface area contributed by atoms with E-state index in [4.69, 9.17) is 21.3 Å². The van der Waals surface area contributed by atoms with Gasteiger partial charge >= 0.3 is 0 Å². The van der Waals surface area contributed by atoms with Crippen LogP contribution in [0.2, 0.25) is 5.02 Å². The van der Waals surface area contributed by atoms with Crippen LogP contribution in [0.25, 0.3) is 10.9 Å².